The molecule has 0 aliphatic heterocycles. The third kappa shape index (κ3) is 5.73. The number of carbonyl (C=O) groups excluding carboxylic acids is 2. The molecule has 0 rings (SSSR count). The molecule has 9 heteroatoms. The van der Waals surface area contributed by atoms with E-state index in [2.05, 4.69) is 4.74 Å². The zero-order valence-electron chi connectivity index (χ0n) is 8.78. The van der Waals surface area contributed by atoms with Crippen molar-refractivity contribution in [2.45, 2.75) is 13.1 Å². The quantitative estimate of drug-likeness (QED) is 0.702. The van der Waals surface area contributed by atoms with Crippen molar-refractivity contribution in [2.24, 2.45) is 0 Å². The van der Waals surface area contributed by atoms with Crippen LogP contribution < -0.4 is 0 Å². The summed E-state index contributed by atoms with van der Waals surface area (Å²) in [6, 6.07) is 0. The van der Waals surface area contributed by atoms with Crippen LogP contribution in [0.25, 0.3) is 0 Å². The Labute approximate surface area is 93.9 Å². The molecule has 1 amide bonds. The molecule has 98 valence electrons. The average molecular weight is 257 g/mol. The number of carbonyl (C=O) groups is 3. The molecule has 0 radical (unpaired) electrons. The number of halogens is 3. The molecule has 0 aromatic rings. The molecule has 0 aromatic carbocycles. The number of hydrogen-bond donors (Lipinski definition) is 1. The minimum Gasteiger partial charge on any atom is -0.480 e. The molecule has 0 atom stereocenters. The van der Waals surface area contributed by atoms with Crippen LogP contribution in [0.3, 0.4) is 0 Å². The number of amides is 1. The van der Waals surface area contributed by atoms with Crippen LogP contribution in [0.1, 0.15) is 6.92 Å². The highest BCUT2D eigenvalue weighted by Crippen LogP contribution is 2.18. The van der Waals surface area contributed by atoms with Gasteiger partial charge in [-0.3, -0.25) is 14.4 Å². The number of ether oxygens (including phenoxy) is 1. The minimum absolute atomic E-state index is 0.0834. The van der Waals surface area contributed by atoms with E-state index in [4.69, 9.17) is 5.11 Å². The van der Waals surface area contributed by atoms with E-state index >= 15 is 0 Å². The van der Waals surface area contributed by atoms with Crippen molar-refractivity contribution in [1.29, 1.82) is 0 Å². The van der Waals surface area contributed by atoms with Crippen molar-refractivity contribution in [3.05, 3.63) is 0 Å². The molecule has 0 saturated heterocycles. The zero-order valence-corrected chi connectivity index (χ0v) is 8.78. The summed E-state index contributed by atoms with van der Waals surface area (Å²) in [6.45, 7) is -0.944. The van der Waals surface area contributed by atoms with Gasteiger partial charge in [-0.2, -0.15) is 13.2 Å². The number of carboxylic acids is 1. The molecule has 0 heterocycles. The molecular weight excluding hydrogens is 247 g/mol. The molecule has 17 heavy (non-hydrogen) atoms. The summed E-state index contributed by atoms with van der Waals surface area (Å²) in [6.07, 6.45) is -5.23. The standard InChI is InChI=1S/C8H10F3NO5/c1-2-17-6(15)4-12(3-5(13)14)7(16)8(9,10)11/h2-4H2,1H3,(H,13,14). The Bertz CT molecular complexity index is 315. The smallest absolute Gasteiger partial charge is 0.471 e. The van der Waals surface area contributed by atoms with Crippen LogP contribution in [-0.4, -0.2) is 53.7 Å². The van der Waals surface area contributed by atoms with Gasteiger partial charge in [0.15, 0.2) is 0 Å². The summed E-state index contributed by atoms with van der Waals surface area (Å²) in [5.74, 6) is -5.16. The first-order valence-electron chi connectivity index (χ1n) is 4.42. The summed E-state index contributed by atoms with van der Waals surface area (Å²) in [7, 11) is 0. The highest BCUT2D eigenvalue weighted by atomic mass is 19.4. The van der Waals surface area contributed by atoms with Crippen molar-refractivity contribution < 1.29 is 37.4 Å². The van der Waals surface area contributed by atoms with Gasteiger partial charge in [0, 0.05) is 0 Å². The van der Waals surface area contributed by atoms with Crippen molar-refractivity contribution in [3.8, 4) is 0 Å². The predicted molar refractivity (Wildman–Crippen MR) is 46.9 cm³/mol. The molecule has 6 nitrogen and oxygen atoms in total. The van der Waals surface area contributed by atoms with Crippen LogP contribution in [0, 0.1) is 0 Å². The molecule has 0 aliphatic rings. The van der Waals surface area contributed by atoms with E-state index in [0.29, 0.717) is 0 Å². The number of alkyl halides is 3. The summed E-state index contributed by atoms with van der Waals surface area (Å²) < 4.78 is 40.5. The van der Waals surface area contributed by atoms with E-state index in [-0.39, 0.29) is 11.5 Å². The number of carboxylic acid groups (broad SMARTS) is 1. The maximum atomic E-state index is 12.0. The van der Waals surface area contributed by atoms with Gasteiger partial charge in [0.1, 0.15) is 13.1 Å². The van der Waals surface area contributed by atoms with Crippen LogP contribution >= 0.6 is 0 Å². The number of rotatable bonds is 5. The highest BCUT2D eigenvalue weighted by Gasteiger charge is 2.43. The van der Waals surface area contributed by atoms with Gasteiger partial charge in [0.2, 0.25) is 0 Å². The highest BCUT2D eigenvalue weighted by molar-refractivity contribution is 5.88. The molecule has 0 fully saturated rings. The fraction of sp³-hybridized carbons (Fsp3) is 0.625. The van der Waals surface area contributed by atoms with Crippen molar-refractivity contribution in [1.82, 2.24) is 4.90 Å². The van der Waals surface area contributed by atoms with Crippen molar-refractivity contribution >= 4 is 17.8 Å². The Balaban J connectivity index is 4.71. The number of nitrogens with zero attached hydrogens (tertiary/aromatic N) is 1. The SMILES string of the molecule is CCOC(=O)CN(CC(=O)O)C(=O)C(F)(F)F. The third-order valence-electron chi connectivity index (χ3n) is 1.48. The van der Waals surface area contributed by atoms with Gasteiger partial charge >= 0.3 is 24.0 Å². The zero-order chi connectivity index (χ0) is 13.6. The normalized spacial score (nSPS) is 10.8. The van der Waals surface area contributed by atoms with Crippen LogP contribution in [0.4, 0.5) is 13.2 Å². The summed E-state index contributed by atoms with van der Waals surface area (Å²) in [4.78, 5) is 31.8. The molecular formula is C8H10F3NO5. The van der Waals surface area contributed by atoms with E-state index < -0.39 is 37.1 Å². The Morgan fingerprint density at radius 2 is 1.76 bits per heavy atom. The lowest BCUT2D eigenvalue weighted by molar-refractivity contribution is -0.188. The first-order valence-corrected chi connectivity index (χ1v) is 4.42. The fourth-order valence-electron chi connectivity index (χ4n) is 0.905. The van der Waals surface area contributed by atoms with E-state index in [1.807, 2.05) is 0 Å². The van der Waals surface area contributed by atoms with Crippen molar-refractivity contribution in [2.75, 3.05) is 19.7 Å². The average Bonchev–Trinajstić information content (AvgIpc) is 2.13. The Kier molecular flexibility index (Phi) is 5.42. The van der Waals surface area contributed by atoms with E-state index in [1.165, 1.54) is 6.92 Å². The van der Waals surface area contributed by atoms with Crippen LogP contribution in [0.15, 0.2) is 0 Å². The van der Waals surface area contributed by atoms with Gasteiger partial charge in [-0.15, -0.1) is 0 Å². The maximum absolute atomic E-state index is 12.0. The Morgan fingerprint density at radius 1 is 1.24 bits per heavy atom. The van der Waals surface area contributed by atoms with Crippen LogP contribution in [0.2, 0.25) is 0 Å². The Morgan fingerprint density at radius 3 is 2.12 bits per heavy atom. The first-order chi connectivity index (χ1) is 7.68. The number of aliphatic carboxylic acids is 1. The second-order valence-corrected chi connectivity index (χ2v) is 2.86. The largest absolute Gasteiger partial charge is 0.480 e. The summed E-state index contributed by atoms with van der Waals surface area (Å²) >= 11 is 0. The summed E-state index contributed by atoms with van der Waals surface area (Å²) in [5.41, 5.74) is 0. The first kappa shape index (κ1) is 15.2. The molecule has 0 aliphatic carbocycles. The van der Waals surface area contributed by atoms with E-state index in [0.717, 1.165) is 0 Å². The summed E-state index contributed by atoms with van der Waals surface area (Å²) in [5, 5.41) is 8.33. The monoisotopic (exact) mass is 257 g/mol. The maximum Gasteiger partial charge on any atom is 0.471 e. The molecule has 0 aromatic heterocycles. The van der Waals surface area contributed by atoms with E-state index in [1.54, 1.807) is 0 Å². The van der Waals surface area contributed by atoms with Crippen molar-refractivity contribution in [3.63, 3.8) is 0 Å². The molecule has 0 unspecified atom stereocenters. The third-order valence-corrected chi connectivity index (χ3v) is 1.48. The molecule has 0 saturated carbocycles. The fourth-order valence-corrected chi connectivity index (χ4v) is 0.905. The van der Waals surface area contributed by atoms with E-state index in [9.17, 15) is 27.6 Å². The molecule has 0 spiro atoms. The lowest BCUT2D eigenvalue weighted by Gasteiger charge is -2.20. The topological polar surface area (TPSA) is 83.9 Å². The lowest BCUT2D eigenvalue weighted by Crippen LogP contribution is -2.46. The number of esters is 1. The number of hydrogen-bond acceptors (Lipinski definition) is 4. The minimum atomic E-state index is -5.23. The molecule has 1 N–H and O–H groups in total. The van der Waals surface area contributed by atoms with Gasteiger partial charge in [0.05, 0.1) is 6.61 Å². The Hall–Kier alpha value is -1.80. The second kappa shape index (κ2) is 6.06. The van der Waals surface area contributed by atoms with Crippen LogP contribution in [0.5, 0.6) is 0 Å². The van der Waals surface area contributed by atoms with Gasteiger partial charge in [-0.1, -0.05) is 0 Å². The lowest BCUT2D eigenvalue weighted by atomic mass is 10.4. The van der Waals surface area contributed by atoms with Gasteiger partial charge in [0.25, 0.3) is 0 Å². The predicted octanol–water partition coefficient (Wildman–Crippen LogP) is 0.0250. The second-order valence-electron chi connectivity index (χ2n) is 2.86. The molecule has 0 bridgehead atoms. The van der Waals surface area contributed by atoms with Gasteiger partial charge in [-0.05, 0) is 6.92 Å². The van der Waals surface area contributed by atoms with Gasteiger partial charge < -0.3 is 14.7 Å². The van der Waals surface area contributed by atoms with Gasteiger partial charge in [-0.25, -0.2) is 0 Å². The van der Waals surface area contributed by atoms with Crippen LogP contribution in [-0.2, 0) is 19.1 Å².